The Hall–Kier alpha value is -2.62. The van der Waals surface area contributed by atoms with Gasteiger partial charge in [-0.25, -0.2) is 4.39 Å². The fraction of sp³-hybridized carbons (Fsp3) is 0.318. The van der Waals surface area contributed by atoms with Crippen molar-refractivity contribution in [2.24, 2.45) is 0 Å². The van der Waals surface area contributed by atoms with Crippen LogP contribution in [0.4, 0.5) is 4.39 Å². The van der Waals surface area contributed by atoms with Crippen LogP contribution >= 0.6 is 0 Å². The Bertz CT molecular complexity index is 795. The number of methoxy groups -OCH3 is 1. The van der Waals surface area contributed by atoms with Crippen LogP contribution in [0.2, 0.25) is 0 Å². The fourth-order valence-corrected chi connectivity index (χ4v) is 2.90. The lowest BCUT2D eigenvalue weighted by Gasteiger charge is -2.20. The highest BCUT2D eigenvalue weighted by Crippen LogP contribution is 2.32. The van der Waals surface area contributed by atoms with E-state index in [0.29, 0.717) is 5.92 Å². The molecule has 138 valence electrons. The van der Waals surface area contributed by atoms with Gasteiger partial charge >= 0.3 is 0 Å². The monoisotopic (exact) mass is 355 g/mol. The molecule has 0 aliphatic heterocycles. The van der Waals surface area contributed by atoms with E-state index < -0.39 is 0 Å². The van der Waals surface area contributed by atoms with Gasteiger partial charge in [0.2, 0.25) is 5.91 Å². The normalized spacial score (nSPS) is 12.4. The number of nitrogens with one attached hydrogen (secondary N) is 1. The zero-order valence-electron chi connectivity index (χ0n) is 16.0. The summed E-state index contributed by atoms with van der Waals surface area (Å²) >= 11 is 0. The van der Waals surface area contributed by atoms with E-state index in [1.165, 1.54) is 18.2 Å². The van der Waals surface area contributed by atoms with E-state index in [9.17, 15) is 9.18 Å². The first-order chi connectivity index (χ1) is 12.3. The van der Waals surface area contributed by atoms with Crippen LogP contribution in [0.25, 0.3) is 6.08 Å². The molecule has 3 nitrogen and oxygen atoms in total. The molecule has 1 unspecified atom stereocenters. The third kappa shape index (κ3) is 4.94. The minimum Gasteiger partial charge on any atom is -0.496 e. The summed E-state index contributed by atoms with van der Waals surface area (Å²) in [7, 11) is 1.67. The van der Waals surface area contributed by atoms with Gasteiger partial charge in [0.25, 0.3) is 0 Å². The molecule has 0 aliphatic rings. The first kappa shape index (κ1) is 19.7. The molecule has 0 aromatic heterocycles. The van der Waals surface area contributed by atoms with Gasteiger partial charge in [0.05, 0.1) is 13.2 Å². The van der Waals surface area contributed by atoms with Gasteiger partial charge in [-0.15, -0.1) is 0 Å². The van der Waals surface area contributed by atoms with Crippen molar-refractivity contribution in [1.29, 1.82) is 0 Å². The van der Waals surface area contributed by atoms with E-state index in [-0.39, 0.29) is 17.8 Å². The van der Waals surface area contributed by atoms with Gasteiger partial charge in [-0.1, -0.05) is 26.0 Å². The summed E-state index contributed by atoms with van der Waals surface area (Å²) in [5.41, 5.74) is 4.03. The molecule has 0 aliphatic carbocycles. The zero-order valence-corrected chi connectivity index (χ0v) is 16.0. The maximum atomic E-state index is 12.9. The molecule has 0 radical (unpaired) electrons. The van der Waals surface area contributed by atoms with Crippen molar-refractivity contribution in [3.63, 3.8) is 0 Å². The number of ether oxygens (including phenoxy) is 1. The van der Waals surface area contributed by atoms with Gasteiger partial charge in [0, 0.05) is 6.08 Å². The predicted octanol–water partition coefficient (Wildman–Crippen LogP) is 5.16. The number of hydrogen-bond donors (Lipinski definition) is 1. The molecular weight excluding hydrogens is 329 g/mol. The highest BCUT2D eigenvalue weighted by molar-refractivity contribution is 5.92. The van der Waals surface area contributed by atoms with Crippen LogP contribution in [-0.2, 0) is 4.79 Å². The molecule has 0 saturated heterocycles. The molecule has 0 heterocycles. The number of hydrogen-bond acceptors (Lipinski definition) is 2. The first-order valence-electron chi connectivity index (χ1n) is 8.74. The maximum Gasteiger partial charge on any atom is 0.244 e. The number of carbonyl (C=O) groups excluding carboxylic acids is 1. The van der Waals surface area contributed by atoms with Crippen molar-refractivity contribution in [1.82, 2.24) is 5.32 Å². The van der Waals surface area contributed by atoms with E-state index in [4.69, 9.17) is 4.74 Å². The summed E-state index contributed by atoms with van der Waals surface area (Å²) in [5.74, 6) is 0.709. The molecular formula is C22H26FNO2. The Kier molecular flexibility index (Phi) is 6.56. The van der Waals surface area contributed by atoms with Crippen LogP contribution in [0, 0.1) is 12.7 Å². The lowest BCUT2D eigenvalue weighted by Crippen LogP contribution is -2.25. The lowest BCUT2D eigenvalue weighted by atomic mass is 9.93. The highest BCUT2D eigenvalue weighted by atomic mass is 19.1. The van der Waals surface area contributed by atoms with E-state index in [1.807, 2.05) is 19.9 Å². The molecule has 1 amide bonds. The predicted molar refractivity (Wildman–Crippen MR) is 104 cm³/mol. The van der Waals surface area contributed by atoms with Crippen LogP contribution < -0.4 is 10.1 Å². The number of benzene rings is 2. The van der Waals surface area contributed by atoms with Gasteiger partial charge in [-0.3, -0.25) is 4.79 Å². The average molecular weight is 355 g/mol. The molecule has 0 bridgehead atoms. The molecule has 1 atom stereocenters. The van der Waals surface area contributed by atoms with E-state index in [1.54, 1.807) is 25.3 Å². The Morgan fingerprint density at radius 1 is 1.12 bits per heavy atom. The highest BCUT2D eigenvalue weighted by Gasteiger charge is 2.16. The molecule has 4 heteroatoms. The number of aryl methyl sites for hydroxylation is 1. The van der Waals surface area contributed by atoms with Crippen LogP contribution in [0.15, 0.2) is 42.5 Å². The van der Waals surface area contributed by atoms with Crippen LogP contribution in [-0.4, -0.2) is 13.0 Å². The summed E-state index contributed by atoms with van der Waals surface area (Å²) in [6.07, 6.45) is 3.13. The summed E-state index contributed by atoms with van der Waals surface area (Å²) < 4.78 is 18.4. The Morgan fingerprint density at radius 3 is 2.35 bits per heavy atom. The molecule has 26 heavy (non-hydrogen) atoms. The number of amides is 1. The summed E-state index contributed by atoms with van der Waals surface area (Å²) in [5, 5.41) is 2.98. The van der Waals surface area contributed by atoms with Crippen LogP contribution in [0.3, 0.4) is 0 Å². The van der Waals surface area contributed by atoms with Crippen LogP contribution in [0.1, 0.15) is 55.0 Å². The summed E-state index contributed by atoms with van der Waals surface area (Å²) in [4.78, 5) is 12.2. The topological polar surface area (TPSA) is 38.3 Å². The Balaban J connectivity index is 2.13. The third-order valence-electron chi connectivity index (χ3n) is 4.36. The number of rotatable bonds is 6. The summed E-state index contributed by atoms with van der Waals surface area (Å²) in [6.45, 7) is 8.21. The minimum absolute atomic E-state index is 0.135. The van der Waals surface area contributed by atoms with Gasteiger partial charge in [0.1, 0.15) is 11.6 Å². The molecule has 2 aromatic carbocycles. The Morgan fingerprint density at radius 2 is 1.77 bits per heavy atom. The first-order valence-corrected chi connectivity index (χ1v) is 8.74. The fourth-order valence-electron chi connectivity index (χ4n) is 2.90. The van der Waals surface area contributed by atoms with Crippen molar-refractivity contribution in [3.05, 3.63) is 70.5 Å². The van der Waals surface area contributed by atoms with Crippen molar-refractivity contribution in [2.45, 2.75) is 39.7 Å². The van der Waals surface area contributed by atoms with Crippen molar-refractivity contribution >= 4 is 12.0 Å². The van der Waals surface area contributed by atoms with E-state index in [2.05, 4.69) is 25.2 Å². The Labute approximate surface area is 154 Å². The summed E-state index contributed by atoms with van der Waals surface area (Å²) in [6, 6.07) is 9.98. The second-order valence-electron chi connectivity index (χ2n) is 6.72. The maximum absolute atomic E-state index is 12.9. The number of carbonyl (C=O) groups is 1. The quantitative estimate of drug-likeness (QED) is 0.727. The second kappa shape index (κ2) is 8.65. The second-order valence-corrected chi connectivity index (χ2v) is 6.72. The van der Waals surface area contributed by atoms with Crippen molar-refractivity contribution in [2.75, 3.05) is 7.11 Å². The van der Waals surface area contributed by atoms with E-state index >= 15 is 0 Å². The smallest absolute Gasteiger partial charge is 0.244 e. The minimum atomic E-state index is -0.295. The lowest BCUT2D eigenvalue weighted by molar-refractivity contribution is -0.117. The van der Waals surface area contributed by atoms with Gasteiger partial charge in [-0.05, 0) is 72.4 Å². The number of halogens is 1. The zero-order chi connectivity index (χ0) is 19.3. The van der Waals surface area contributed by atoms with Crippen LogP contribution in [0.5, 0.6) is 5.75 Å². The molecule has 2 rings (SSSR count). The molecule has 0 spiro atoms. The van der Waals surface area contributed by atoms with Gasteiger partial charge in [-0.2, -0.15) is 0 Å². The molecule has 2 aromatic rings. The molecule has 1 N–H and O–H groups in total. The standard InChI is InChI=1S/C22H26FNO2/c1-14(2)19-13-20(15(3)12-21(19)26-5)16(4)24-22(25)11-8-17-6-9-18(23)10-7-17/h6-14,16H,1-5H3,(H,24,25)/b11-8+. The van der Waals surface area contributed by atoms with E-state index in [0.717, 1.165) is 28.0 Å². The van der Waals surface area contributed by atoms with Gasteiger partial charge < -0.3 is 10.1 Å². The SMILES string of the molecule is COc1cc(C)c(C(C)NC(=O)/C=C/c2ccc(F)cc2)cc1C(C)C. The average Bonchev–Trinajstić information content (AvgIpc) is 2.60. The van der Waals surface area contributed by atoms with Gasteiger partial charge in [0.15, 0.2) is 0 Å². The third-order valence-corrected chi connectivity index (χ3v) is 4.36. The van der Waals surface area contributed by atoms with Crippen molar-refractivity contribution < 1.29 is 13.9 Å². The molecule has 0 fully saturated rings. The largest absolute Gasteiger partial charge is 0.496 e. The molecule has 0 saturated carbocycles. The van der Waals surface area contributed by atoms with Crippen molar-refractivity contribution in [3.8, 4) is 5.75 Å².